The second-order valence-electron chi connectivity index (χ2n) is 7.06. The van der Waals surface area contributed by atoms with Crippen molar-refractivity contribution in [1.82, 2.24) is 5.43 Å². The van der Waals surface area contributed by atoms with Crippen molar-refractivity contribution in [1.29, 1.82) is 0 Å². The normalized spacial score (nSPS) is 10.6. The van der Waals surface area contributed by atoms with Crippen LogP contribution in [0, 0.1) is 24.0 Å². The molecule has 3 aromatic rings. The lowest BCUT2D eigenvalue weighted by molar-refractivity contribution is -0.384. The smallest absolute Gasteiger partial charge is 0.343 e. The number of esters is 1. The topological polar surface area (TPSA) is 120 Å². The summed E-state index contributed by atoms with van der Waals surface area (Å²) < 4.78 is 10.8. The molecule has 1 N–H and O–H groups in total. The van der Waals surface area contributed by atoms with Gasteiger partial charge in [-0.3, -0.25) is 14.9 Å². The van der Waals surface area contributed by atoms with Crippen LogP contribution in [0.5, 0.6) is 11.5 Å². The molecule has 33 heavy (non-hydrogen) atoms. The Morgan fingerprint density at radius 1 is 1.03 bits per heavy atom. The quantitative estimate of drug-likeness (QED) is 0.183. The fourth-order valence-corrected chi connectivity index (χ4v) is 2.72. The molecule has 0 aliphatic rings. The van der Waals surface area contributed by atoms with E-state index in [9.17, 15) is 19.7 Å². The molecule has 9 nitrogen and oxygen atoms in total. The molecule has 0 aromatic heterocycles. The van der Waals surface area contributed by atoms with Gasteiger partial charge in [0.25, 0.3) is 11.6 Å². The molecular weight excluding hydrogens is 426 g/mol. The van der Waals surface area contributed by atoms with Crippen LogP contribution in [0.1, 0.15) is 27.0 Å². The second-order valence-corrected chi connectivity index (χ2v) is 7.06. The molecule has 0 aliphatic heterocycles. The Bertz CT molecular complexity index is 1210. The first kappa shape index (κ1) is 23.1. The van der Waals surface area contributed by atoms with Gasteiger partial charge in [0, 0.05) is 17.7 Å². The van der Waals surface area contributed by atoms with E-state index in [1.165, 1.54) is 30.5 Å². The summed E-state index contributed by atoms with van der Waals surface area (Å²) in [6.07, 6.45) is 1.34. The van der Waals surface area contributed by atoms with Gasteiger partial charge < -0.3 is 9.47 Å². The van der Waals surface area contributed by atoms with Crippen molar-refractivity contribution in [3.05, 3.63) is 99.1 Å². The molecule has 0 fully saturated rings. The molecule has 0 bridgehead atoms. The van der Waals surface area contributed by atoms with Crippen molar-refractivity contribution in [3.63, 3.8) is 0 Å². The minimum absolute atomic E-state index is 0.128. The molecule has 0 aliphatic carbocycles. The molecule has 0 radical (unpaired) electrons. The van der Waals surface area contributed by atoms with Gasteiger partial charge in [0.05, 0.1) is 16.7 Å². The van der Waals surface area contributed by atoms with E-state index in [0.717, 1.165) is 11.1 Å². The highest BCUT2D eigenvalue weighted by Crippen LogP contribution is 2.19. The number of rotatable bonds is 8. The van der Waals surface area contributed by atoms with E-state index in [2.05, 4.69) is 10.5 Å². The largest absolute Gasteiger partial charge is 0.484 e. The van der Waals surface area contributed by atoms with Crippen LogP contribution in [-0.2, 0) is 4.79 Å². The van der Waals surface area contributed by atoms with Crippen LogP contribution in [0.2, 0.25) is 0 Å². The minimum atomic E-state index is -0.684. The van der Waals surface area contributed by atoms with Gasteiger partial charge in [-0.15, -0.1) is 0 Å². The van der Waals surface area contributed by atoms with Crippen molar-refractivity contribution in [3.8, 4) is 11.5 Å². The molecule has 0 unspecified atom stereocenters. The number of nitrogens with zero attached hydrogens (tertiary/aromatic N) is 2. The molecular formula is C24H21N3O6. The van der Waals surface area contributed by atoms with Crippen molar-refractivity contribution < 1.29 is 24.0 Å². The minimum Gasteiger partial charge on any atom is -0.484 e. The summed E-state index contributed by atoms with van der Waals surface area (Å²) in [5, 5.41) is 14.6. The van der Waals surface area contributed by atoms with E-state index in [-0.39, 0.29) is 23.6 Å². The number of aryl methyl sites for hydroxylation is 2. The van der Waals surface area contributed by atoms with Crippen molar-refractivity contribution in [2.24, 2.45) is 5.10 Å². The Hall–Kier alpha value is -4.53. The number of hydrogen-bond acceptors (Lipinski definition) is 7. The number of amides is 1. The number of benzene rings is 3. The Morgan fingerprint density at radius 3 is 2.45 bits per heavy atom. The van der Waals surface area contributed by atoms with Gasteiger partial charge in [-0.2, -0.15) is 5.10 Å². The van der Waals surface area contributed by atoms with E-state index >= 15 is 0 Å². The zero-order chi connectivity index (χ0) is 23.8. The first-order valence-electron chi connectivity index (χ1n) is 9.91. The van der Waals surface area contributed by atoms with Crippen molar-refractivity contribution >= 4 is 23.8 Å². The average molecular weight is 447 g/mol. The molecule has 3 rings (SSSR count). The second kappa shape index (κ2) is 10.7. The Kier molecular flexibility index (Phi) is 7.48. The summed E-state index contributed by atoms with van der Waals surface area (Å²) in [5.74, 6) is -0.340. The number of carbonyl (C=O) groups is 2. The number of para-hydroxylation sites is 1. The van der Waals surface area contributed by atoms with Crippen LogP contribution in [0.4, 0.5) is 5.69 Å². The fourth-order valence-electron chi connectivity index (χ4n) is 2.72. The summed E-state index contributed by atoms with van der Waals surface area (Å²) >= 11 is 0. The summed E-state index contributed by atoms with van der Waals surface area (Å²) in [7, 11) is 0. The van der Waals surface area contributed by atoms with Gasteiger partial charge >= 0.3 is 5.97 Å². The zero-order valence-electron chi connectivity index (χ0n) is 18.0. The number of nitrogens with one attached hydrogen (secondary N) is 1. The van der Waals surface area contributed by atoms with Crippen molar-refractivity contribution in [2.75, 3.05) is 6.61 Å². The summed E-state index contributed by atoms with van der Waals surface area (Å²) in [6.45, 7) is 3.73. The number of carbonyl (C=O) groups excluding carboxylic acids is 2. The third kappa shape index (κ3) is 6.47. The van der Waals surface area contributed by atoms with Gasteiger partial charge in [0.1, 0.15) is 11.5 Å². The van der Waals surface area contributed by atoms with E-state index in [1.54, 1.807) is 30.3 Å². The SMILES string of the molecule is Cc1ccc(OCC(=O)N/N=C\c2ccccc2OC(=O)c2ccc([N+](=O)[O-])cc2)cc1C. The lowest BCUT2D eigenvalue weighted by Crippen LogP contribution is -2.24. The maximum atomic E-state index is 12.4. The number of hydrazone groups is 1. The fraction of sp³-hybridized carbons (Fsp3) is 0.125. The van der Waals surface area contributed by atoms with Gasteiger partial charge in [0.2, 0.25) is 0 Å². The summed E-state index contributed by atoms with van der Waals surface area (Å²) in [6, 6.07) is 17.2. The standard InChI is InChI=1S/C24H21N3O6/c1-16-7-12-21(13-17(16)2)32-15-23(28)26-25-14-19-5-3-4-6-22(19)33-24(29)18-8-10-20(11-9-18)27(30)31/h3-14H,15H2,1-2H3,(H,26,28)/b25-14-. The number of ether oxygens (including phenoxy) is 2. The highest BCUT2D eigenvalue weighted by atomic mass is 16.6. The molecule has 0 atom stereocenters. The predicted molar refractivity (Wildman–Crippen MR) is 122 cm³/mol. The molecule has 9 heteroatoms. The van der Waals surface area contributed by atoms with Gasteiger partial charge in [0.15, 0.2) is 6.61 Å². The molecule has 0 saturated heterocycles. The lowest BCUT2D eigenvalue weighted by atomic mass is 10.1. The molecule has 0 saturated carbocycles. The predicted octanol–water partition coefficient (Wildman–Crippen LogP) is 3.96. The molecule has 1 amide bonds. The Morgan fingerprint density at radius 2 is 1.76 bits per heavy atom. The first-order valence-corrected chi connectivity index (χ1v) is 9.91. The van der Waals surface area contributed by atoms with Crippen LogP contribution in [0.15, 0.2) is 71.8 Å². The Labute approximate surface area is 189 Å². The first-order chi connectivity index (χ1) is 15.8. The maximum absolute atomic E-state index is 12.4. The van der Waals surface area contributed by atoms with Crippen molar-refractivity contribution in [2.45, 2.75) is 13.8 Å². The van der Waals surface area contributed by atoms with Crippen LogP contribution in [0.25, 0.3) is 0 Å². The third-order valence-corrected chi connectivity index (χ3v) is 4.68. The van der Waals surface area contributed by atoms with Crippen LogP contribution < -0.4 is 14.9 Å². The summed E-state index contributed by atoms with van der Waals surface area (Å²) in [4.78, 5) is 34.6. The maximum Gasteiger partial charge on any atom is 0.343 e. The number of hydrogen-bond donors (Lipinski definition) is 1. The number of non-ortho nitro benzene ring substituents is 1. The van der Waals surface area contributed by atoms with Crippen LogP contribution >= 0.6 is 0 Å². The van der Waals surface area contributed by atoms with Gasteiger partial charge in [-0.25, -0.2) is 10.2 Å². The monoisotopic (exact) mass is 447 g/mol. The van der Waals surface area contributed by atoms with Gasteiger partial charge in [-0.05, 0) is 61.4 Å². The van der Waals surface area contributed by atoms with Crippen LogP contribution in [0.3, 0.4) is 0 Å². The molecule has 3 aromatic carbocycles. The molecule has 168 valence electrons. The van der Waals surface area contributed by atoms with Gasteiger partial charge in [-0.1, -0.05) is 18.2 Å². The molecule has 0 heterocycles. The molecule has 0 spiro atoms. The lowest BCUT2D eigenvalue weighted by Gasteiger charge is -2.08. The summed E-state index contributed by atoms with van der Waals surface area (Å²) in [5.41, 5.74) is 5.02. The van der Waals surface area contributed by atoms with Crippen LogP contribution in [-0.4, -0.2) is 29.6 Å². The number of nitro groups is 1. The van der Waals surface area contributed by atoms with E-state index < -0.39 is 16.8 Å². The third-order valence-electron chi connectivity index (χ3n) is 4.68. The van der Waals surface area contributed by atoms with E-state index in [1.807, 2.05) is 26.0 Å². The highest BCUT2D eigenvalue weighted by Gasteiger charge is 2.13. The number of nitro benzene ring substituents is 1. The van der Waals surface area contributed by atoms with E-state index in [0.29, 0.717) is 11.3 Å². The average Bonchev–Trinajstić information content (AvgIpc) is 2.81. The zero-order valence-corrected chi connectivity index (χ0v) is 18.0. The van der Waals surface area contributed by atoms with E-state index in [4.69, 9.17) is 9.47 Å². The Balaban J connectivity index is 1.58. The highest BCUT2D eigenvalue weighted by molar-refractivity contribution is 5.93.